The largest absolute Gasteiger partial charge is 0.378 e. The van der Waals surface area contributed by atoms with Crippen molar-refractivity contribution in [2.75, 3.05) is 19.0 Å². The van der Waals surface area contributed by atoms with Crippen LogP contribution >= 0.6 is 0 Å². The molecule has 0 fully saturated rings. The van der Waals surface area contributed by atoms with Crippen LogP contribution in [-0.4, -0.2) is 24.0 Å². The van der Waals surface area contributed by atoms with Crippen LogP contribution in [0.3, 0.4) is 0 Å². The average molecular weight is 403 g/mol. The van der Waals surface area contributed by atoms with E-state index in [-0.39, 0.29) is 17.4 Å². The number of aryl methyl sites for hydroxylation is 1. The SMILES string of the molecule is Cc1[nH]c2ccc(F)cc2c1C(c1ccc(N(C)C)cc1)c1ccc([N+](=O)[O-])cc1. The van der Waals surface area contributed by atoms with E-state index in [0.717, 1.165) is 39.0 Å². The maximum atomic E-state index is 14.1. The number of anilines is 1. The number of aromatic nitrogens is 1. The number of H-pyrrole nitrogens is 1. The minimum absolute atomic E-state index is 0.0437. The molecule has 0 aliphatic carbocycles. The van der Waals surface area contributed by atoms with E-state index in [1.54, 1.807) is 24.3 Å². The molecule has 0 aliphatic heterocycles. The van der Waals surface area contributed by atoms with Crippen LogP contribution in [0.15, 0.2) is 66.7 Å². The number of rotatable bonds is 5. The minimum Gasteiger partial charge on any atom is -0.378 e. The number of aromatic amines is 1. The van der Waals surface area contributed by atoms with E-state index in [4.69, 9.17) is 0 Å². The summed E-state index contributed by atoms with van der Waals surface area (Å²) in [6, 6.07) is 19.5. The lowest BCUT2D eigenvalue weighted by atomic mass is 9.83. The number of nitro benzene ring substituents is 1. The fourth-order valence-electron chi connectivity index (χ4n) is 3.97. The summed E-state index contributed by atoms with van der Waals surface area (Å²) in [5.41, 5.74) is 5.83. The van der Waals surface area contributed by atoms with Gasteiger partial charge in [0, 0.05) is 54.4 Å². The Labute approximate surface area is 173 Å². The molecule has 1 unspecified atom stereocenters. The van der Waals surface area contributed by atoms with Crippen LogP contribution in [0.1, 0.15) is 28.3 Å². The van der Waals surface area contributed by atoms with Gasteiger partial charge in [0.15, 0.2) is 0 Å². The van der Waals surface area contributed by atoms with Gasteiger partial charge in [-0.15, -0.1) is 0 Å². The van der Waals surface area contributed by atoms with Crippen molar-refractivity contribution in [3.8, 4) is 0 Å². The fourth-order valence-corrected chi connectivity index (χ4v) is 3.97. The van der Waals surface area contributed by atoms with Gasteiger partial charge in [0.1, 0.15) is 5.82 Å². The van der Waals surface area contributed by atoms with Crippen molar-refractivity contribution < 1.29 is 9.31 Å². The summed E-state index contributed by atoms with van der Waals surface area (Å²) < 4.78 is 14.1. The van der Waals surface area contributed by atoms with Gasteiger partial charge in [0.2, 0.25) is 0 Å². The first-order valence-electron chi connectivity index (χ1n) is 9.64. The number of hydrogen-bond donors (Lipinski definition) is 1. The predicted molar refractivity (Wildman–Crippen MR) is 118 cm³/mol. The second kappa shape index (κ2) is 7.63. The highest BCUT2D eigenvalue weighted by atomic mass is 19.1. The Bertz CT molecular complexity index is 1210. The standard InChI is InChI=1S/C24H22FN3O2/c1-15-23(21-14-18(25)8-13-22(21)26-15)24(16-4-9-19(10-5-16)27(2)3)17-6-11-20(12-7-17)28(29)30/h4-14,24,26H,1-3H3. The summed E-state index contributed by atoms with van der Waals surface area (Å²) in [5, 5.41) is 11.9. The number of fused-ring (bicyclic) bond motifs is 1. The van der Waals surface area contributed by atoms with Crippen molar-refractivity contribution in [3.05, 3.63) is 105 Å². The van der Waals surface area contributed by atoms with Gasteiger partial charge < -0.3 is 9.88 Å². The lowest BCUT2D eigenvalue weighted by molar-refractivity contribution is -0.384. The van der Waals surface area contributed by atoms with Crippen molar-refractivity contribution in [1.82, 2.24) is 4.98 Å². The molecule has 0 aliphatic rings. The van der Waals surface area contributed by atoms with E-state index >= 15 is 0 Å². The monoisotopic (exact) mass is 403 g/mol. The van der Waals surface area contributed by atoms with Crippen molar-refractivity contribution in [2.24, 2.45) is 0 Å². The van der Waals surface area contributed by atoms with Crippen LogP contribution in [0.25, 0.3) is 10.9 Å². The van der Waals surface area contributed by atoms with E-state index in [0.29, 0.717) is 0 Å². The van der Waals surface area contributed by atoms with Gasteiger partial charge in [-0.1, -0.05) is 24.3 Å². The summed E-state index contributed by atoms with van der Waals surface area (Å²) in [4.78, 5) is 16.1. The Morgan fingerprint density at radius 3 is 2.13 bits per heavy atom. The first-order valence-corrected chi connectivity index (χ1v) is 9.64. The second-order valence-corrected chi connectivity index (χ2v) is 7.62. The van der Waals surface area contributed by atoms with Crippen LogP contribution in [0.4, 0.5) is 15.8 Å². The number of nitrogens with zero attached hydrogens (tertiary/aromatic N) is 2. The first kappa shape index (κ1) is 19.6. The summed E-state index contributed by atoms with van der Waals surface area (Å²) in [6.45, 7) is 1.97. The number of hydrogen-bond acceptors (Lipinski definition) is 3. The lowest BCUT2D eigenvalue weighted by Gasteiger charge is -2.21. The highest BCUT2D eigenvalue weighted by molar-refractivity contribution is 5.86. The van der Waals surface area contributed by atoms with E-state index in [1.807, 2.05) is 38.1 Å². The molecule has 30 heavy (non-hydrogen) atoms. The molecular weight excluding hydrogens is 381 g/mol. The van der Waals surface area contributed by atoms with Crippen molar-refractivity contribution in [3.63, 3.8) is 0 Å². The number of benzene rings is 3. The molecule has 5 nitrogen and oxygen atoms in total. The van der Waals surface area contributed by atoms with Gasteiger partial charge >= 0.3 is 0 Å². The van der Waals surface area contributed by atoms with E-state index in [1.165, 1.54) is 18.2 Å². The number of halogens is 1. The number of nitro groups is 1. The zero-order chi connectivity index (χ0) is 21.4. The zero-order valence-electron chi connectivity index (χ0n) is 17.0. The van der Waals surface area contributed by atoms with Gasteiger partial charge in [0.05, 0.1) is 4.92 Å². The summed E-state index contributed by atoms with van der Waals surface area (Å²) in [6.07, 6.45) is 0. The maximum Gasteiger partial charge on any atom is 0.269 e. The molecule has 3 aromatic carbocycles. The molecule has 6 heteroatoms. The Balaban J connectivity index is 1.93. The van der Waals surface area contributed by atoms with E-state index < -0.39 is 4.92 Å². The normalized spacial score (nSPS) is 12.1. The third-order valence-electron chi connectivity index (χ3n) is 5.47. The quantitative estimate of drug-likeness (QED) is 0.340. The van der Waals surface area contributed by atoms with Crippen LogP contribution in [0.5, 0.6) is 0 Å². The molecule has 152 valence electrons. The molecule has 1 heterocycles. The topological polar surface area (TPSA) is 62.2 Å². The lowest BCUT2D eigenvalue weighted by Crippen LogP contribution is -2.09. The molecule has 0 saturated heterocycles. The maximum absolute atomic E-state index is 14.1. The highest BCUT2D eigenvalue weighted by Crippen LogP contribution is 2.39. The third kappa shape index (κ3) is 3.52. The predicted octanol–water partition coefficient (Wildman–Crippen LogP) is 5.77. The van der Waals surface area contributed by atoms with Crippen LogP contribution in [0, 0.1) is 22.9 Å². The molecule has 1 aromatic heterocycles. The van der Waals surface area contributed by atoms with Gasteiger partial charge in [-0.2, -0.15) is 0 Å². The molecule has 0 saturated carbocycles. The third-order valence-corrected chi connectivity index (χ3v) is 5.47. The molecule has 0 radical (unpaired) electrons. The van der Waals surface area contributed by atoms with Crippen LogP contribution in [0.2, 0.25) is 0 Å². The van der Waals surface area contributed by atoms with Crippen molar-refractivity contribution in [2.45, 2.75) is 12.8 Å². The highest BCUT2D eigenvalue weighted by Gasteiger charge is 2.24. The van der Waals surface area contributed by atoms with E-state index in [2.05, 4.69) is 17.1 Å². The molecule has 1 atom stereocenters. The Morgan fingerprint density at radius 1 is 0.967 bits per heavy atom. The molecule has 4 rings (SSSR count). The smallest absolute Gasteiger partial charge is 0.269 e. The van der Waals surface area contributed by atoms with Crippen LogP contribution in [-0.2, 0) is 0 Å². The van der Waals surface area contributed by atoms with Crippen molar-refractivity contribution in [1.29, 1.82) is 0 Å². The summed E-state index contributed by atoms with van der Waals surface area (Å²) >= 11 is 0. The Kier molecular flexibility index (Phi) is 4.99. The summed E-state index contributed by atoms with van der Waals surface area (Å²) in [7, 11) is 3.96. The van der Waals surface area contributed by atoms with Gasteiger partial charge in [-0.3, -0.25) is 10.1 Å². The zero-order valence-corrected chi connectivity index (χ0v) is 17.0. The molecule has 0 bridgehead atoms. The van der Waals surface area contributed by atoms with Gasteiger partial charge in [-0.05, 0) is 53.9 Å². The molecule has 1 N–H and O–H groups in total. The van der Waals surface area contributed by atoms with Crippen molar-refractivity contribution >= 4 is 22.3 Å². The Morgan fingerprint density at radius 2 is 1.57 bits per heavy atom. The molecular formula is C24H22FN3O2. The van der Waals surface area contributed by atoms with Gasteiger partial charge in [0.25, 0.3) is 5.69 Å². The number of nitrogens with one attached hydrogen (secondary N) is 1. The molecule has 4 aromatic rings. The minimum atomic E-state index is -0.406. The number of non-ortho nitro benzene ring substituents is 1. The fraction of sp³-hybridized carbons (Fsp3) is 0.167. The summed E-state index contributed by atoms with van der Waals surface area (Å²) in [5.74, 6) is -0.495. The Hall–Kier alpha value is -3.67. The average Bonchev–Trinajstić information content (AvgIpc) is 3.04. The second-order valence-electron chi connectivity index (χ2n) is 7.62. The van der Waals surface area contributed by atoms with Crippen LogP contribution < -0.4 is 4.90 Å². The first-order chi connectivity index (χ1) is 14.3. The van der Waals surface area contributed by atoms with Gasteiger partial charge in [-0.25, -0.2) is 4.39 Å². The molecule has 0 amide bonds. The van der Waals surface area contributed by atoms with E-state index in [9.17, 15) is 14.5 Å². The molecule has 0 spiro atoms.